The number of carbonyl (C=O) groups excluding carboxylic acids is 1. The minimum Gasteiger partial charge on any atom is -0.334 e. The van der Waals surface area contributed by atoms with Crippen LogP contribution >= 0.6 is 34.9 Å². The van der Waals surface area contributed by atoms with Crippen molar-refractivity contribution in [3.05, 3.63) is 30.9 Å². The molecule has 9 nitrogen and oxygen atoms in total. The number of hydrogen-bond acceptors (Lipinski definition) is 10. The van der Waals surface area contributed by atoms with Crippen LogP contribution in [0.5, 0.6) is 0 Å². The number of nitrogen functional groups attached to an aromatic ring is 2. The summed E-state index contributed by atoms with van der Waals surface area (Å²) >= 11 is 4.38. The van der Waals surface area contributed by atoms with E-state index in [-0.39, 0.29) is 17.6 Å². The van der Waals surface area contributed by atoms with Gasteiger partial charge in [0, 0.05) is 11.4 Å². The predicted molar refractivity (Wildman–Crippen MR) is 108 cm³/mol. The number of rotatable bonds is 8. The van der Waals surface area contributed by atoms with Gasteiger partial charge in [0.1, 0.15) is 0 Å². The highest BCUT2D eigenvalue weighted by Crippen LogP contribution is 2.31. The Balaban J connectivity index is 1.61. The lowest BCUT2D eigenvalue weighted by Gasteiger charge is -2.05. The van der Waals surface area contributed by atoms with Crippen LogP contribution in [0.2, 0.25) is 0 Å². The monoisotopic (exact) mass is 408 g/mol. The molecule has 0 bridgehead atoms. The Morgan fingerprint density at radius 2 is 2.23 bits per heavy atom. The summed E-state index contributed by atoms with van der Waals surface area (Å²) in [5, 5.41) is 10.8. The predicted octanol–water partition coefficient (Wildman–Crippen LogP) is 1.90. The van der Waals surface area contributed by atoms with Gasteiger partial charge in [0.25, 0.3) is 5.95 Å². The number of nitrogens with zero attached hydrogens (tertiary/aromatic N) is 4. The standard InChI is InChI=1S/C14H16N8OS3/c1-2-5-24-14-18-9-4-3-8(6-10(9)26-14)17-11(23)7-25-13-21-20-12(19-15)22(13)16/h2-4,6H,1,5,7,15-16H2,(H,17,23)(H,19,20). The number of thiazole rings is 1. The largest absolute Gasteiger partial charge is 0.334 e. The van der Waals surface area contributed by atoms with Crippen molar-refractivity contribution in [1.82, 2.24) is 19.9 Å². The number of nitrogens with two attached hydrogens (primary N) is 2. The lowest BCUT2D eigenvalue weighted by atomic mass is 10.3. The van der Waals surface area contributed by atoms with Crippen LogP contribution in [0.1, 0.15) is 0 Å². The minimum atomic E-state index is -0.176. The molecular weight excluding hydrogens is 392 g/mol. The first-order chi connectivity index (χ1) is 12.6. The number of carbonyl (C=O) groups is 1. The fourth-order valence-electron chi connectivity index (χ4n) is 1.97. The molecule has 0 saturated heterocycles. The quantitative estimate of drug-likeness (QED) is 0.190. The van der Waals surface area contributed by atoms with E-state index in [1.54, 1.807) is 23.1 Å². The van der Waals surface area contributed by atoms with E-state index >= 15 is 0 Å². The topological polar surface area (TPSA) is 137 Å². The molecule has 0 spiro atoms. The number of hydrazine groups is 1. The zero-order chi connectivity index (χ0) is 18.5. The van der Waals surface area contributed by atoms with E-state index in [2.05, 4.69) is 32.5 Å². The van der Waals surface area contributed by atoms with Gasteiger partial charge in [0.05, 0.1) is 16.0 Å². The van der Waals surface area contributed by atoms with Gasteiger partial charge in [-0.05, 0) is 18.2 Å². The van der Waals surface area contributed by atoms with Gasteiger partial charge >= 0.3 is 0 Å². The van der Waals surface area contributed by atoms with Crippen molar-refractivity contribution in [1.29, 1.82) is 0 Å². The molecule has 0 aliphatic heterocycles. The number of hydrogen-bond donors (Lipinski definition) is 4. The number of amides is 1. The first-order valence-corrected chi connectivity index (χ1v) is 10.1. The van der Waals surface area contributed by atoms with E-state index in [9.17, 15) is 4.79 Å². The maximum absolute atomic E-state index is 12.2. The van der Waals surface area contributed by atoms with Crippen molar-refractivity contribution in [2.45, 2.75) is 9.50 Å². The van der Waals surface area contributed by atoms with E-state index in [4.69, 9.17) is 11.7 Å². The van der Waals surface area contributed by atoms with Gasteiger partial charge in [-0.15, -0.1) is 28.1 Å². The molecule has 0 radical (unpaired) electrons. The van der Waals surface area contributed by atoms with Gasteiger partial charge in [-0.3, -0.25) is 10.2 Å². The van der Waals surface area contributed by atoms with Crippen molar-refractivity contribution in [3.8, 4) is 0 Å². The summed E-state index contributed by atoms with van der Waals surface area (Å²) in [5.41, 5.74) is 3.94. The Hall–Kier alpha value is -2.28. The van der Waals surface area contributed by atoms with Crippen LogP contribution in [0.3, 0.4) is 0 Å². The van der Waals surface area contributed by atoms with Crippen LogP contribution in [0.15, 0.2) is 40.4 Å². The lowest BCUT2D eigenvalue weighted by Crippen LogP contribution is -2.19. The summed E-state index contributed by atoms with van der Waals surface area (Å²) in [6, 6.07) is 5.63. The van der Waals surface area contributed by atoms with Crippen molar-refractivity contribution in [2.24, 2.45) is 5.84 Å². The maximum Gasteiger partial charge on any atom is 0.258 e. The molecular formula is C14H16N8OS3. The second kappa shape index (κ2) is 8.40. The van der Waals surface area contributed by atoms with Crippen LogP contribution in [0, 0.1) is 0 Å². The summed E-state index contributed by atoms with van der Waals surface area (Å²) in [6.07, 6.45) is 1.84. The molecule has 3 aromatic rings. The smallest absolute Gasteiger partial charge is 0.258 e. The zero-order valence-electron chi connectivity index (χ0n) is 13.5. The molecule has 0 atom stereocenters. The van der Waals surface area contributed by atoms with E-state index in [1.807, 2.05) is 24.3 Å². The average Bonchev–Trinajstić information content (AvgIpc) is 3.20. The Morgan fingerprint density at radius 1 is 1.38 bits per heavy atom. The maximum atomic E-state index is 12.2. The third kappa shape index (κ3) is 4.27. The van der Waals surface area contributed by atoms with Gasteiger partial charge < -0.3 is 11.2 Å². The number of anilines is 2. The number of aromatic nitrogens is 4. The summed E-state index contributed by atoms with van der Waals surface area (Å²) in [4.78, 5) is 16.7. The molecule has 2 aromatic heterocycles. The Bertz CT molecular complexity index is 938. The highest BCUT2D eigenvalue weighted by molar-refractivity contribution is 8.01. The van der Waals surface area contributed by atoms with Gasteiger partial charge in [0.15, 0.2) is 4.34 Å². The first-order valence-electron chi connectivity index (χ1n) is 7.34. The van der Waals surface area contributed by atoms with Crippen LogP contribution < -0.4 is 22.4 Å². The molecule has 0 saturated carbocycles. The van der Waals surface area contributed by atoms with Crippen LogP contribution in [-0.2, 0) is 4.79 Å². The van der Waals surface area contributed by atoms with E-state index < -0.39 is 0 Å². The van der Waals surface area contributed by atoms with E-state index in [1.165, 1.54) is 4.68 Å². The van der Waals surface area contributed by atoms with Crippen LogP contribution in [0.25, 0.3) is 10.2 Å². The molecule has 26 heavy (non-hydrogen) atoms. The molecule has 1 amide bonds. The summed E-state index contributed by atoms with van der Waals surface area (Å²) < 4.78 is 3.18. The molecule has 12 heteroatoms. The minimum absolute atomic E-state index is 0.140. The summed E-state index contributed by atoms with van der Waals surface area (Å²) in [7, 11) is 0. The molecule has 0 unspecified atom stereocenters. The SMILES string of the molecule is C=CCSc1nc2ccc(NC(=O)CSc3nnc(NN)n3N)cc2s1. The van der Waals surface area contributed by atoms with E-state index in [0.717, 1.165) is 32.1 Å². The van der Waals surface area contributed by atoms with Gasteiger partial charge in [-0.2, -0.15) is 0 Å². The van der Waals surface area contributed by atoms with Crippen molar-refractivity contribution in [3.63, 3.8) is 0 Å². The Labute approximate surface area is 161 Å². The molecule has 3 rings (SSSR count). The second-order valence-corrected chi connectivity index (χ2v) is 8.16. The average molecular weight is 409 g/mol. The fraction of sp³-hybridized carbons (Fsp3) is 0.143. The molecule has 1 aromatic carbocycles. The fourth-order valence-corrected chi connectivity index (χ4v) is 4.50. The summed E-state index contributed by atoms with van der Waals surface area (Å²) in [6.45, 7) is 3.71. The number of fused-ring (bicyclic) bond motifs is 1. The third-order valence-corrected chi connectivity index (χ3v) is 6.20. The Morgan fingerprint density at radius 3 is 2.96 bits per heavy atom. The van der Waals surface area contributed by atoms with Gasteiger partial charge in [0.2, 0.25) is 11.1 Å². The van der Waals surface area contributed by atoms with Gasteiger partial charge in [-0.1, -0.05) is 29.6 Å². The first kappa shape index (κ1) is 18.5. The second-order valence-electron chi connectivity index (χ2n) is 4.92. The van der Waals surface area contributed by atoms with Gasteiger partial charge in [-0.25, -0.2) is 15.5 Å². The summed E-state index contributed by atoms with van der Waals surface area (Å²) in [5.74, 6) is 12.0. The van der Waals surface area contributed by atoms with Crippen LogP contribution in [-0.4, -0.2) is 37.3 Å². The molecule has 0 aliphatic carbocycles. The normalized spacial score (nSPS) is 10.8. The number of thioether (sulfide) groups is 2. The Kier molecular flexibility index (Phi) is 5.98. The molecule has 6 N–H and O–H groups in total. The highest BCUT2D eigenvalue weighted by Gasteiger charge is 2.12. The number of nitrogens with one attached hydrogen (secondary N) is 2. The molecule has 0 fully saturated rings. The number of benzene rings is 1. The van der Waals surface area contributed by atoms with Crippen LogP contribution in [0.4, 0.5) is 11.6 Å². The van der Waals surface area contributed by atoms with Crippen molar-refractivity contribution < 1.29 is 4.79 Å². The highest BCUT2D eigenvalue weighted by atomic mass is 32.2. The molecule has 2 heterocycles. The van der Waals surface area contributed by atoms with Crippen molar-refractivity contribution in [2.75, 3.05) is 28.1 Å². The third-order valence-electron chi connectivity index (χ3n) is 3.10. The lowest BCUT2D eigenvalue weighted by molar-refractivity contribution is -0.113. The van der Waals surface area contributed by atoms with Crippen molar-refractivity contribution >= 4 is 62.6 Å². The van der Waals surface area contributed by atoms with E-state index in [0.29, 0.717) is 10.8 Å². The molecule has 136 valence electrons. The molecule has 0 aliphatic rings. The zero-order valence-corrected chi connectivity index (χ0v) is 16.0.